The van der Waals surface area contributed by atoms with Gasteiger partial charge in [-0.3, -0.25) is 4.68 Å². The molecule has 0 radical (unpaired) electrons. The Kier molecular flexibility index (Phi) is 1.94. The zero-order valence-electron chi connectivity index (χ0n) is 10.5. The van der Waals surface area contributed by atoms with Crippen LogP contribution in [0.3, 0.4) is 0 Å². The normalized spacial score (nSPS) is 26.4. The van der Waals surface area contributed by atoms with Crippen molar-refractivity contribution in [3.8, 4) is 0 Å². The molecular weight excluding hydrogens is 230 g/mol. The summed E-state index contributed by atoms with van der Waals surface area (Å²) in [4.78, 5) is 11.4. The number of aryl methyl sites for hydroxylation is 2. The monoisotopic (exact) mass is 245 g/mol. The fourth-order valence-corrected chi connectivity index (χ4v) is 2.99. The van der Waals surface area contributed by atoms with E-state index in [2.05, 4.69) is 20.0 Å². The minimum atomic E-state index is 0.372. The maximum absolute atomic E-state index is 5.65. The number of ether oxygens (including phenoxy) is 1. The molecule has 2 bridgehead atoms. The highest BCUT2D eigenvalue weighted by molar-refractivity contribution is 5.87. The van der Waals surface area contributed by atoms with Crippen molar-refractivity contribution in [1.29, 1.82) is 0 Å². The van der Waals surface area contributed by atoms with Gasteiger partial charge in [0.1, 0.15) is 11.6 Å². The molecule has 2 unspecified atom stereocenters. The molecule has 0 aromatic carbocycles. The van der Waals surface area contributed by atoms with E-state index in [4.69, 9.17) is 4.74 Å². The summed E-state index contributed by atoms with van der Waals surface area (Å²) < 4.78 is 7.45. The van der Waals surface area contributed by atoms with Crippen molar-refractivity contribution < 1.29 is 4.74 Å². The number of fused-ring (bicyclic) bond motifs is 3. The predicted octanol–water partition coefficient (Wildman–Crippen LogP) is 0.649. The summed E-state index contributed by atoms with van der Waals surface area (Å²) in [6.45, 7) is 3.68. The van der Waals surface area contributed by atoms with Crippen molar-refractivity contribution in [2.24, 2.45) is 7.05 Å². The summed E-state index contributed by atoms with van der Waals surface area (Å²) in [5, 5.41) is 5.32. The highest BCUT2D eigenvalue weighted by atomic mass is 16.5. The molecule has 2 atom stereocenters. The van der Waals surface area contributed by atoms with Crippen LogP contribution in [0.1, 0.15) is 12.2 Å². The van der Waals surface area contributed by atoms with Crippen LogP contribution in [0.5, 0.6) is 0 Å². The summed E-state index contributed by atoms with van der Waals surface area (Å²) in [6.07, 6.45) is 3.35. The predicted molar refractivity (Wildman–Crippen MR) is 66.5 cm³/mol. The Bertz CT molecular complexity index is 622. The number of anilines is 1. The summed E-state index contributed by atoms with van der Waals surface area (Å²) >= 11 is 0. The summed E-state index contributed by atoms with van der Waals surface area (Å²) in [5.74, 6) is 1.81. The molecule has 2 aliphatic rings. The van der Waals surface area contributed by atoms with Crippen molar-refractivity contribution in [2.75, 3.05) is 18.1 Å². The lowest BCUT2D eigenvalue weighted by molar-refractivity contribution is 0.0989. The number of rotatable bonds is 1. The van der Waals surface area contributed by atoms with E-state index in [-0.39, 0.29) is 0 Å². The lowest BCUT2D eigenvalue weighted by Crippen LogP contribution is -2.37. The van der Waals surface area contributed by atoms with Gasteiger partial charge in [-0.25, -0.2) is 9.97 Å². The van der Waals surface area contributed by atoms with Gasteiger partial charge in [-0.15, -0.1) is 0 Å². The molecule has 2 aromatic rings. The zero-order valence-corrected chi connectivity index (χ0v) is 10.5. The van der Waals surface area contributed by atoms with Crippen molar-refractivity contribution in [3.05, 3.63) is 12.0 Å². The van der Waals surface area contributed by atoms with E-state index in [0.29, 0.717) is 12.1 Å². The van der Waals surface area contributed by atoms with Crippen LogP contribution in [0.2, 0.25) is 0 Å². The van der Waals surface area contributed by atoms with Crippen LogP contribution >= 0.6 is 0 Å². The first-order valence-corrected chi connectivity index (χ1v) is 6.27. The second kappa shape index (κ2) is 3.41. The van der Waals surface area contributed by atoms with Crippen LogP contribution in [0.15, 0.2) is 6.20 Å². The Labute approximate surface area is 105 Å². The minimum Gasteiger partial charge on any atom is -0.374 e. The maximum atomic E-state index is 5.65. The average molecular weight is 245 g/mol. The van der Waals surface area contributed by atoms with E-state index in [9.17, 15) is 0 Å². The third-order valence-electron chi connectivity index (χ3n) is 3.86. The van der Waals surface area contributed by atoms with Gasteiger partial charge in [-0.05, 0) is 13.3 Å². The summed E-state index contributed by atoms with van der Waals surface area (Å²) in [5.41, 5.74) is 0.904. The van der Waals surface area contributed by atoms with E-state index in [0.717, 1.165) is 42.2 Å². The zero-order chi connectivity index (χ0) is 12.3. The number of aromatic nitrogens is 4. The first kappa shape index (κ1) is 10.3. The van der Waals surface area contributed by atoms with Crippen molar-refractivity contribution in [2.45, 2.75) is 25.5 Å². The molecule has 4 heterocycles. The SMILES string of the molecule is Cc1nc(N2CC3CC2CO3)c2cnn(C)c2n1. The molecule has 6 nitrogen and oxygen atoms in total. The molecule has 94 valence electrons. The molecule has 2 aliphatic heterocycles. The quantitative estimate of drug-likeness (QED) is 0.738. The van der Waals surface area contributed by atoms with Gasteiger partial charge in [0, 0.05) is 13.6 Å². The molecule has 2 aromatic heterocycles. The summed E-state index contributed by atoms with van der Waals surface area (Å²) in [6, 6.07) is 0.465. The van der Waals surface area contributed by atoms with E-state index < -0.39 is 0 Å². The highest BCUT2D eigenvalue weighted by Gasteiger charge is 2.40. The second-order valence-corrected chi connectivity index (χ2v) is 5.10. The molecule has 0 N–H and O–H groups in total. The molecular formula is C12H15N5O. The Hall–Kier alpha value is -1.69. The second-order valence-electron chi connectivity index (χ2n) is 5.10. The van der Waals surface area contributed by atoms with Crippen LogP contribution in [-0.4, -0.2) is 45.0 Å². The third kappa shape index (κ3) is 1.29. The first-order valence-electron chi connectivity index (χ1n) is 6.27. The number of hydrogen-bond acceptors (Lipinski definition) is 5. The standard InChI is InChI=1S/C12H15N5O/c1-7-14-11-10(4-13-16(11)2)12(15-7)17-5-9-3-8(17)6-18-9/h4,8-9H,3,5-6H2,1-2H3. The molecule has 0 aliphatic carbocycles. The van der Waals surface area contributed by atoms with E-state index in [1.54, 1.807) is 4.68 Å². The number of nitrogens with zero attached hydrogens (tertiary/aromatic N) is 5. The van der Waals surface area contributed by atoms with Gasteiger partial charge in [0.2, 0.25) is 0 Å². The lowest BCUT2D eigenvalue weighted by atomic mass is 10.2. The van der Waals surface area contributed by atoms with Gasteiger partial charge < -0.3 is 9.64 Å². The topological polar surface area (TPSA) is 56.1 Å². The molecule has 2 fully saturated rings. The Morgan fingerprint density at radius 3 is 3.00 bits per heavy atom. The van der Waals surface area contributed by atoms with Crippen molar-refractivity contribution in [1.82, 2.24) is 19.7 Å². The van der Waals surface area contributed by atoms with Crippen LogP contribution in [0.25, 0.3) is 11.0 Å². The average Bonchev–Trinajstić information content (AvgIpc) is 3.04. The van der Waals surface area contributed by atoms with Gasteiger partial charge in [0.25, 0.3) is 0 Å². The van der Waals surface area contributed by atoms with Crippen molar-refractivity contribution in [3.63, 3.8) is 0 Å². The molecule has 6 heteroatoms. The Balaban J connectivity index is 1.89. The molecule has 0 amide bonds. The van der Waals surface area contributed by atoms with E-state index in [1.807, 2.05) is 20.2 Å². The minimum absolute atomic E-state index is 0.372. The van der Waals surface area contributed by atoms with Crippen LogP contribution in [0, 0.1) is 6.92 Å². The van der Waals surface area contributed by atoms with Crippen LogP contribution in [0.4, 0.5) is 5.82 Å². The fraction of sp³-hybridized carbons (Fsp3) is 0.583. The molecule has 4 rings (SSSR count). The number of morpholine rings is 1. The molecule has 2 saturated heterocycles. The highest BCUT2D eigenvalue weighted by Crippen LogP contribution is 2.34. The van der Waals surface area contributed by atoms with E-state index >= 15 is 0 Å². The largest absolute Gasteiger partial charge is 0.374 e. The van der Waals surface area contributed by atoms with Gasteiger partial charge in [0.05, 0.1) is 30.3 Å². The smallest absolute Gasteiger partial charge is 0.163 e. The van der Waals surface area contributed by atoms with Crippen molar-refractivity contribution >= 4 is 16.9 Å². The van der Waals surface area contributed by atoms with Crippen LogP contribution in [-0.2, 0) is 11.8 Å². The van der Waals surface area contributed by atoms with Gasteiger partial charge in [-0.2, -0.15) is 5.10 Å². The lowest BCUT2D eigenvalue weighted by Gasteiger charge is -2.28. The Morgan fingerprint density at radius 2 is 2.28 bits per heavy atom. The maximum Gasteiger partial charge on any atom is 0.163 e. The van der Waals surface area contributed by atoms with Gasteiger partial charge in [-0.1, -0.05) is 0 Å². The third-order valence-corrected chi connectivity index (χ3v) is 3.86. The summed E-state index contributed by atoms with van der Waals surface area (Å²) in [7, 11) is 1.91. The van der Waals surface area contributed by atoms with Gasteiger partial charge >= 0.3 is 0 Å². The van der Waals surface area contributed by atoms with Gasteiger partial charge in [0.15, 0.2) is 5.65 Å². The number of hydrogen-bond donors (Lipinski definition) is 0. The fourth-order valence-electron chi connectivity index (χ4n) is 2.99. The Morgan fingerprint density at radius 1 is 1.39 bits per heavy atom. The molecule has 0 spiro atoms. The molecule has 18 heavy (non-hydrogen) atoms. The first-order chi connectivity index (χ1) is 8.72. The van der Waals surface area contributed by atoms with E-state index in [1.165, 1.54) is 0 Å². The molecule has 0 saturated carbocycles. The van der Waals surface area contributed by atoms with Crippen LogP contribution < -0.4 is 4.90 Å².